The maximum Gasteiger partial charge on any atom is 0.277 e. The number of amides is 1. The van der Waals surface area contributed by atoms with Crippen LogP contribution in [0.25, 0.3) is 11.0 Å². The summed E-state index contributed by atoms with van der Waals surface area (Å²) in [7, 11) is 3.84. The van der Waals surface area contributed by atoms with Gasteiger partial charge in [0.2, 0.25) is 0 Å². The molecule has 34 heavy (non-hydrogen) atoms. The predicted octanol–water partition coefficient (Wildman–Crippen LogP) is 4.11. The molecular formula is C26H29FN6O. The number of fused-ring (bicyclic) bond motifs is 1. The van der Waals surface area contributed by atoms with Gasteiger partial charge in [-0.3, -0.25) is 15.1 Å². The summed E-state index contributed by atoms with van der Waals surface area (Å²) >= 11 is 0. The largest absolute Gasteiger partial charge is 0.391 e. The molecule has 5 rings (SSSR count). The number of piperidine rings is 1. The summed E-state index contributed by atoms with van der Waals surface area (Å²) in [4.78, 5) is 24.6. The molecule has 176 valence electrons. The number of imidazole rings is 1. The standard InChI is InChI=1S/C26H29FN6O/c1-15(29-2)22-24(28)26(34)33(17-7-8-20-21(13-17)31-14-30-20)25(22)19-6-4-5-18(23(19)27)16-9-11-32(3)12-10-16/h4-8,13-14,16,25,28-29H,9-12H2,1-3H3,(H,30,31)/b22-15+,28-24?. The predicted molar refractivity (Wildman–Crippen MR) is 132 cm³/mol. The number of carbonyl (C=O) groups is 1. The first-order valence-electron chi connectivity index (χ1n) is 11.6. The van der Waals surface area contributed by atoms with Crippen molar-refractivity contribution in [1.82, 2.24) is 20.2 Å². The Hall–Kier alpha value is -3.52. The van der Waals surface area contributed by atoms with Crippen molar-refractivity contribution in [2.45, 2.75) is 31.7 Å². The van der Waals surface area contributed by atoms with Crippen LogP contribution >= 0.6 is 0 Å². The van der Waals surface area contributed by atoms with Crippen molar-refractivity contribution in [3.63, 3.8) is 0 Å². The minimum atomic E-state index is -0.741. The van der Waals surface area contributed by atoms with Gasteiger partial charge in [-0.05, 0) is 69.6 Å². The number of likely N-dealkylation sites (tertiary alicyclic amines) is 1. The number of halogens is 1. The van der Waals surface area contributed by atoms with Crippen molar-refractivity contribution in [2.75, 3.05) is 32.1 Å². The van der Waals surface area contributed by atoms with Gasteiger partial charge in [-0.2, -0.15) is 0 Å². The molecule has 8 heteroatoms. The second-order valence-electron chi connectivity index (χ2n) is 9.17. The van der Waals surface area contributed by atoms with Crippen molar-refractivity contribution in [3.8, 4) is 0 Å². The molecule has 0 aliphatic carbocycles. The van der Waals surface area contributed by atoms with Crippen molar-refractivity contribution in [1.29, 1.82) is 5.41 Å². The summed E-state index contributed by atoms with van der Waals surface area (Å²) in [6, 6.07) is 10.2. The number of aromatic nitrogens is 2. The van der Waals surface area contributed by atoms with E-state index in [2.05, 4.69) is 27.2 Å². The van der Waals surface area contributed by atoms with Gasteiger partial charge in [-0.15, -0.1) is 0 Å². The molecule has 0 radical (unpaired) electrons. The van der Waals surface area contributed by atoms with E-state index in [0.717, 1.165) is 31.4 Å². The normalized spacial score (nSPS) is 21.5. The monoisotopic (exact) mass is 460 g/mol. The topological polar surface area (TPSA) is 88.1 Å². The maximum atomic E-state index is 16.2. The van der Waals surface area contributed by atoms with Crippen molar-refractivity contribution in [2.24, 2.45) is 0 Å². The van der Waals surface area contributed by atoms with Gasteiger partial charge in [-0.25, -0.2) is 9.37 Å². The van der Waals surface area contributed by atoms with E-state index in [1.807, 2.05) is 31.2 Å². The van der Waals surface area contributed by atoms with Crippen molar-refractivity contribution < 1.29 is 9.18 Å². The van der Waals surface area contributed by atoms with Gasteiger partial charge >= 0.3 is 0 Å². The molecule has 7 nitrogen and oxygen atoms in total. The van der Waals surface area contributed by atoms with Gasteiger partial charge in [0.15, 0.2) is 0 Å². The lowest BCUT2D eigenvalue weighted by atomic mass is 9.86. The number of rotatable bonds is 4. The van der Waals surface area contributed by atoms with E-state index in [1.165, 1.54) is 4.90 Å². The lowest BCUT2D eigenvalue weighted by Gasteiger charge is -2.31. The Morgan fingerprint density at radius 2 is 1.94 bits per heavy atom. The first kappa shape index (κ1) is 22.3. The van der Waals surface area contributed by atoms with Crippen LogP contribution < -0.4 is 10.2 Å². The number of nitrogens with zero attached hydrogens (tertiary/aromatic N) is 3. The van der Waals surface area contributed by atoms with Crippen LogP contribution in [-0.2, 0) is 4.79 Å². The Morgan fingerprint density at radius 1 is 1.21 bits per heavy atom. The highest BCUT2D eigenvalue weighted by molar-refractivity contribution is 6.52. The summed E-state index contributed by atoms with van der Waals surface area (Å²) in [6.45, 7) is 3.69. The maximum absolute atomic E-state index is 16.2. The van der Waals surface area contributed by atoms with E-state index in [-0.39, 0.29) is 17.4 Å². The number of hydrogen-bond acceptors (Lipinski definition) is 5. The summed E-state index contributed by atoms with van der Waals surface area (Å²) in [5, 5.41) is 11.7. The summed E-state index contributed by atoms with van der Waals surface area (Å²) in [5.41, 5.74) is 4.30. The summed E-state index contributed by atoms with van der Waals surface area (Å²) < 4.78 is 16.2. The van der Waals surface area contributed by atoms with Crippen LogP contribution in [0.4, 0.5) is 10.1 Å². The van der Waals surface area contributed by atoms with E-state index in [4.69, 9.17) is 5.41 Å². The van der Waals surface area contributed by atoms with E-state index in [0.29, 0.717) is 33.6 Å². The molecule has 0 bridgehead atoms. The fourth-order valence-corrected chi connectivity index (χ4v) is 5.19. The molecule has 2 aliphatic rings. The molecule has 1 aromatic heterocycles. The first-order chi connectivity index (χ1) is 16.4. The zero-order valence-electron chi connectivity index (χ0n) is 19.7. The van der Waals surface area contributed by atoms with E-state index < -0.39 is 11.9 Å². The van der Waals surface area contributed by atoms with Crippen LogP contribution in [-0.4, -0.2) is 53.7 Å². The van der Waals surface area contributed by atoms with Crippen LogP contribution in [0.3, 0.4) is 0 Å². The van der Waals surface area contributed by atoms with Crippen LogP contribution in [0.5, 0.6) is 0 Å². The first-order valence-corrected chi connectivity index (χ1v) is 11.6. The third-order valence-corrected chi connectivity index (χ3v) is 7.21. The fraction of sp³-hybridized carbons (Fsp3) is 0.346. The molecule has 1 unspecified atom stereocenters. The molecule has 3 heterocycles. The SMILES string of the molecule is CN/C(C)=C1\C(=N)C(=O)N(c2ccc3[nH]cnc3c2)C1c1cccc(C2CCN(C)CC2)c1F. The summed E-state index contributed by atoms with van der Waals surface area (Å²) in [5.74, 6) is -0.593. The van der Waals surface area contributed by atoms with Crippen LogP contribution in [0.2, 0.25) is 0 Å². The molecule has 0 spiro atoms. The number of benzene rings is 2. The van der Waals surface area contributed by atoms with Gasteiger partial charge in [0.25, 0.3) is 5.91 Å². The van der Waals surface area contributed by atoms with E-state index in [9.17, 15) is 4.79 Å². The van der Waals surface area contributed by atoms with Crippen LogP contribution in [0.15, 0.2) is 54.0 Å². The number of hydrogen-bond donors (Lipinski definition) is 3. The second-order valence-corrected chi connectivity index (χ2v) is 9.17. The number of aromatic amines is 1. The van der Waals surface area contributed by atoms with Gasteiger partial charge in [-0.1, -0.05) is 18.2 Å². The second kappa shape index (κ2) is 8.68. The highest BCUT2D eigenvalue weighted by Crippen LogP contribution is 2.43. The smallest absolute Gasteiger partial charge is 0.277 e. The molecule has 1 amide bonds. The number of anilines is 1. The molecule has 0 saturated carbocycles. The molecule has 2 saturated heterocycles. The van der Waals surface area contributed by atoms with E-state index in [1.54, 1.807) is 25.5 Å². The minimum absolute atomic E-state index is 0.122. The number of allylic oxidation sites excluding steroid dienone is 1. The Bertz CT molecular complexity index is 1300. The molecule has 2 aromatic carbocycles. The average Bonchev–Trinajstić information content (AvgIpc) is 3.41. The average molecular weight is 461 g/mol. The van der Waals surface area contributed by atoms with Crippen molar-refractivity contribution in [3.05, 3.63) is 70.9 Å². The van der Waals surface area contributed by atoms with Crippen molar-refractivity contribution >= 4 is 28.3 Å². The highest BCUT2D eigenvalue weighted by Gasteiger charge is 2.45. The molecule has 3 N–H and O–H groups in total. The molecular weight excluding hydrogens is 431 g/mol. The number of nitrogens with one attached hydrogen (secondary N) is 3. The lowest BCUT2D eigenvalue weighted by molar-refractivity contribution is -0.112. The highest BCUT2D eigenvalue weighted by atomic mass is 19.1. The minimum Gasteiger partial charge on any atom is -0.391 e. The third-order valence-electron chi connectivity index (χ3n) is 7.21. The zero-order chi connectivity index (χ0) is 24.0. The fourth-order valence-electron chi connectivity index (χ4n) is 5.19. The zero-order valence-corrected chi connectivity index (χ0v) is 19.7. The number of H-pyrrole nitrogens is 1. The molecule has 1 atom stereocenters. The molecule has 2 fully saturated rings. The van der Waals surface area contributed by atoms with Gasteiger partial charge in [0.05, 0.1) is 23.4 Å². The van der Waals surface area contributed by atoms with Gasteiger partial charge in [0, 0.05) is 29.6 Å². The Morgan fingerprint density at radius 3 is 2.68 bits per heavy atom. The Labute approximate surface area is 198 Å². The van der Waals surface area contributed by atoms with Gasteiger partial charge in [0.1, 0.15) is 11.5 Å². The third kappa shape index (κ3) is 3.58. The van der Waals surface area contributed by atoms with Crippen LogP contribution in [0.1, 0.15) is 42.9 Å². The Kier molecular flexibility index (Phi) is 5.69. The molecule has 3 aromatic rings. The van der Waals surface area contributed by atoms with Crippen LogP contribution in [0, 0.1) is 11.2 Å². The van der Waals surface area contributed by atoms with Gasteiger partial charge < -0.3 is 15.2 Å². The quantitative estimate of drug-likeness (QED) is 0.547. The van der Waals surface area contributed by atoms with E-state index >= 15 is 4.39 Å². The number of carbonyl (C=O) groups excluding carboxylic acids is 1. The summed E-state index contributed by atoms with van der Waals surface area (Å²) in [6.07, 6.45) is 3.39. The lowest BCUT2D eigenvalue weighted by Crippen LogP contribution is -2.31. The molecule has 2 aliphatic heterocycles. The Balaban J connectivity index is 1.66.